The van der Waals surface area contributed by atoms with Crippen LogP contribution in [-0.4, -0.2) is 18.3 Å². The van der Waals surface area contributed by atoms with Gasteiger partial charge < -0.3 is 4.74 Å². The molecular weight excluding hydrogens is 178 g/mol. The van der Waals surface area contributed by atoms with E-state index in [9.17, 15) is 4.79 Å². The fourth-order valence-electron chi connectivity index (χ4n) is 1.08. The van der Waals surface area contributed by atoms with Gasteiger partial charge in [-0.2, -0.15) is 0 Å². The summed E-state index contributed by atoms with van der Waals surface area (Å²) in [5.41, 5.74) is 1.34. The third-order valence-electron chi connectivity index (χ3n) is 1.84. The lowest BCUT2D eigenvalue weighted by atomic mass is 10.1. The lowest BCUT2D eigenvalue weighted by Crippen LogP contribution is -2.04. The Hall–Kier alpha value is -1.64. The summed E-state index contributed by atoms with van der Waals surface area (Å²) in [6.07, 6.45) is 0. The summed E-state index contributed by atoms with van der Waals surface area (Å²) in [6.45, 7) is 3.83. The molecule has 1 aromatic rings. The third-order valence-corrected chi connectivity index (χ3v) is 1.84. The molecule has 0 atom stereocenters. The molecule has 0 aromatic heterocycles. The number of hydrogen-bond donors (Lipinski definition) is 1. The molecule has 0 heterocycles. The van der Waals surface area contributed by atoms with E-state index in [0.717, 1.165) is 0 Å². The van der Waals surface area contributed by atoms with Crippen LogP contribution in [0.1, 0.15) is 29.8 Å². The largest absolute Gasteiger partial charge is 0.478 e. The van der Waals surface area contributed by atoms with Gasteiger partial charge in [0.25, 0.3) is 0 Å². The van der Waals surface area contributed by atoms with Gasteiger partial charge in [0, 0.05) is 11.1 Å². The van der Waals surface area contributed by atoms with Crippen molar-refractivity contribution in [3.05, 3.63) is 35.4 Å². The Morgan fingerprint density at radius 3 is 2.21 bits per heavy atom. The topological polar surface area (TPSA) is 50.1 Å². The number of benzene rings is 1. The molecular formula is C11H13NO2. The average Bonchev–Trinajstić information content (AvgIpc) is 2.18. The van der Waals surface area contributed by atoms with Crippen molar-refractivity contribution in [3.63, 3.8) is 0 Å². The van der Waals surface area contributed by atoms with Crippen LogP contribution in [0.2, 0.25) is 0 Å². The Morgan fingerprint density at radius 2 is 1.79 bits per heavy atom. The molecule has 0 radical (unpaired) electrons. The summed E-state index contributed by atoms with van der Waals surface area (Å²) in [4.78, 5) is 11.0. The normalized spacial score (nSPS) is 9.57. The number of Topliss-reactive ketones (excluding diaryl/α,β-unsaturated/α-hetero) is 1. The molecule has 0 aliphatic carbocycles. The van der Waals surface area contributed by atoms with E-state index >= 15 is 0 Å². The van der Waals surface area contributed by atoms with Gasteiger partial charge in [0.15, 0.2) is 5.78 Å². The van der Waals surface area contributed by atoms with Gasteiger partial charge in [-0.1, -0.05) is 12.1 Å². The van der Waals surface area contributed by atoms with Crippen LogP contribution in [-0.2, 0) is 4.74 Å². The van der Waals surface area contributed by atoms with Crippen molar-refractivity contribution in [2.24, 2.45) is 0 Å². The SMILES string of the molecule is CCOC(=N)c1ccc(C(C)=O)cc1. The van der Waals surface area contributed by atoms with E-state index in [0.29, 0.717) is 17.7 Å². The summed E-state index contributed by atoms with van der Waals surface area (Å²) < 4.78 is 5.03. The van der Waals surface area contributed by atoms with Crippen LogP contribution >= 0.6 is 0 Å². The first-order valence-corrected chi connectivity index (χ1v) is 4.48. The Kier molecular flexibility index (Phi) is 3.40. The molecule has 0 saturated heterocycles. The predicted octanol–water partition coefficient (Wildman–Crippen LogP) is 2.25. The molecule has 3 nitrogen and oxygen atoms in total. The molecule has 74 valence electrons. The molecule has 1 rings (SSSR count). The molecule has 1 N–H and O–H groups in total. The zero-order valence-corrected chi connectivity index (χ0v) is 8.33. The highest BCUT2D eigenvalue weighted by molar-refractivity contribution is 5.96. The Morgan fingerprint density at radius 1 is 1.29 bits per heavy atom. The van der Waals surface area contributed by atoms with Gasteiger partial charge in [0.05, 0.1) is 6.61 Å². The van der Waals surface area contributed by atoms with Crippen molar-refractivity contribution in [2.75, 3.05) is 6.61 Å². The quantitative estimate of drug-likeness (QED) is 0.452. The lowest BCUT2D eigenvalue weighted by molar-refractivity contribution is 0.101. The van der Waals surface area contributed by atoms with Gasteiger partial charge in [0.1, 0.15) is 0 Å². The van der Waals surface area contributed by atoms with E-state index in [2.05, 4.69) is 0 Å². The fourth-order valence-corrected chi connectivity index (χ4v) is 1.08. The number of nitrogens with one attached hydrogen (secondary N) is 1. The van der Waals surface area contributed by atoms with E-state index in [1.54, 1.807) is 24.3 Å². The number of carbonyl (C=O) groups is 1. The fraction of sp³-hybridized carbons (Fsp3) is 0.273. The minimum Gasteiger partial charge on any atom is -0.478 e. The van der Waals surface area contributed by atoms with Crippen LogP contribution in [0.4, 0.5) is 0 Å². The van der Waals surface area contributed by atoms with Crippen molar-refractivity contribution in [1.82, 2.24) is 0 Å². The molecule has 0 aliphatic heterocycles. The van der Waals surface area contributed by atoms with Gasteiger partial charge >= 0.3 is 0 Å². The summed E-state index contributed by atoms with van der Waals surface area (Å²) in [6, 6.07) is 6.83. The minimum atomic E-state index is 0.0273. The monoisotopic (exact) mass is 191 g/mol. The van der Waals surface area contributed by atoms with E-state index in [-0.39, 0.29) is 11.7 Å². The maximum Gasteiger partial charge on any atom is 0.213 e. The molecule has 0 saturated carbocycles. The number of rotatable bonds is 3. The van der Waals surface area contributed by atoms with Crippen molar-refractivity contribution in [1.29, 1.82) is 5.41 Å². The van der Waals surface area contributed by atoms with Crippen LogP contribution < -0.4 is 0 Å². The first-order valence-electron chi connectivity index (χ1n) is 4.48. The molecule has 0 amide bonds. The molecule has 3 heteroatoms. The second-order valence-corrected chi connectivity index (χ2v) is 2.90. The van der Waals surface area contributed by atoms with E-state index in [1.165, 1.54) is 6.92 Å². The number of ketones is 1. The van der Waals surface area contributed by atoms with Crippen LogP contribution in [0.5, 0.6) is 0 Å². The van der Waals surface area contributed by atoms with E-state index < -0.39 is 0 Å². The molecule has 0 fully saturated rings. The minimum absolute atomic E-state index is 0.0273. The smallest absolute Gasteiger partial charge is 0.213 e. The lowest BCUT2D eigenvalue weighted by Gasteiger charge is -2.04. The van der Waals surface area contributed by atoms with Crippen molar-refractivity contribution < 1.29 is 9.53 Å². The van der Waals surface area contributed by atoms with E-state index in [4.69, 9.17) is 10.1 Å². The molecule has 0 spiro atoms. The highest BCUT2D eigenvalue weighted by Gasteiger charge is 2.03. The maximum atomic E-state index is 11.0. The van der Waals surface area contributed by atoms with Gasteiger partial charge in [0.2, 0.25) is 5.90 Å². The average molecular weight is 191 g/mol. The van der Waals surface area contributed by atoms with Crippen LogP contribution in [0.15, 0.2) is 24.3 Å². The maximum absolute atomic E-state index is 11.0. The Labute approximate surface area is 83.2 Å². The Bertz CT molecular complexity index is 341. The van der Waals surface area contributed by atoms with Crippen molar-refractivity contribution in [3.8, 4) is 0 Å². The van der Waals surface area contributed by atoms with Crippen molar-refractivity contribution >= 4 is 11.7 Å². The highest BCUT2D eigenvalue weighted by Crippen LogP contribution is 2.06. The van der Waals surface area contributed by atoms with Crippen LogP contribution in [0, 0.1) is 5.41 Å². The van der Waals surface area contributed by atoms with Gasteiger partial charge in [-0.15, -0.1) is 0 Å². The van der Waals surface area contributed by atoms with E-state index in [1.807, 2.05) is 6.92 Å². The Balaban J connectivity index is 2.83. The zero-order valence-electron chi connectivity index (χ0n) is 8.33. The van der Waals surface area contributed by atoms with Gasteiger partial charge in [-0.05, 0) is 26.0 Å². The molecule has 0 bridgehead atoms. The zero-order chi connectivity index (χ0) is 10.6. The third kappa shape index (κ3) is 2.42. The van der Waals surface area contributed by atoms with Gasteiger partial charge in [-0.3, -0.25) is 10.2 Å². The summed E-state index contributed by atoms with van der Waals surface area (Å²) >= 11 is 0. The molecule has 1 aromatic carbocycles. The molecule has 0 aliphatic rings. The van der Waals surface area contributed by atoms with Gasteiger partial charge in [-0.25, -0.2) is 0 Å². The van der Waals surface area contributed by atoms with Crippen LogP contribution in [0.3, 0.4) is 0 Å². The first kappa shape index (κ1) is 10.4. The number of ether oxygens (including phenoxy) is 1. The standard InChI is InChI=1S/C11H13NO2/c1-3-14-11(12)10-6-4-9(5-7-10)8(2)13/h4-7,12H,3H2,1-2H3. The highest BCUT2D eigenvalue weighted by atomic mass is 16.5. The number of carbonyl (C=O) groups excluding carboxylic acids is 1. The first-order chi connectivity index (χ1) is 6.65. The predicted molar refractivity (Wildman–Crippen MR) is 54.9 cm³/mol. The second-order valence-electron chi connectivity index (χ2n) is 2.90. The molecule has 14 heavy (non-hydrogen) atoms. The van der Waals surface area contributed by atoms with Crippen molar-refractivity contribution in [2.45, 2.75) is 13.8 Å². The summed E-state index contributed by atoms with van der Waals surface area (Å²) in [7, 11) is 0. The van der Waals surface area contributed by atoms with Crippen LogP contribution in [0.25, 0.3) is 0 Å². The summed E-state index contributed by atoms with van der Waals surface area (Å²) in [5, 5.41) is 7.50. The second kappa shape index (κ2) is 4.56. The molecule has 0 unspecified atom stereocenters. The number of hydrogen-bond acceptors (Lipinski definition) is 3. The summed E-state index contributed by atoms with van der Waals surface area (Å²) in [5.74, 6) is 0.169.